The second-order valence-corrected chi connectivity index (χ2v) is 9.10. The number of carbonyl (C=O) groups excluding carboxylic acids is 1. The number of amides is 1. The Morgan fingerprint density at radius 1 is 1.11 bits per heavy atom. The molecule has 0 aliphatic heterocycles. The highest BCUT2D eigenvalue weighted by atomic mass is 32.2. The van der Waals surface area contributed by atoms with Gasteiger partial charge in [-0.1, -0.05) is 18.2 Å². The van der Waals surface area contributed by atoms with Crippen LogP contribution >= 0.6 is 0 Å². The van der Waals surface area contributed by atoms with Gasteiger partial charge in [-0.3, -0.25) is 4.79 Å². The van der Waals surface area contributed by atoms with Gasteiger partial charge >= 0.3 is 0 Å². The van der Waals surface area contributed by atoms with E-state index in [2.05, 4.69) is 10.3 Å². The third-order valence-corrected chi connectivity index (χ3v) is 6.70. The van der Waals surface area contributed by atoms with E-state index in [-0.39, 0.29) is 23.0 Å². The zero-order chi connectivity index (χ0) is 20.3. The average Bonchev–Trinajstić information content (AvgIpc) is 2.98. The minimum Gasteiger partial charge on any atom is -0.356 e. The van der Waals surface area contributed by atoms with Gasteiger partial charge in [0.25, 0.3) is 0 Å². The number of carbonyl (C=O) groups is 1. The van der Waals surface area contributed by atoms with Crippen molar-refractivity contribution in [2.45, 2.75) is 31.6 Å². The Morgan fingerprint density at radius 3 is 2.57 bits per heavy atom. The minimum atomic E-state index is -3.47. The SMILES string of the molecule is Cc1ccc(S(=O)(=O)CCC(=O)NCCc2nc3ccccc3n2C)cc1C. The molecule has 1 N–H and O–H groups in total. The molecule has 0 spiro atoms. The molecule has 0 bridgehead atoms. The molecule has 0 aliphatic rings. The van der Waals surface area contributed by atoms with Gasteiger partial charge in [-0.05, 0) is 49.2 Å². The van der Waals surface area contributed by atoms with Crippen molar-refractivity contribution in [2.24, 2.45) is 7.05 Å². The highest BCUT2D eigenvalue weighted by molar-refractivity contribution is 7.91. The standard InChI is InChI=1S/C21H25N3O3S/c1-15-8-9-17(14-16(15)2)28(26,27)13-11-21(25)22-12-10-20-23-18-6-4-5-7-19(18)24(20)3/h4-9,14H,10-13H2,1-3H3,(H,22,25). The van der Waals surface area contributed by atoms with Gasteiger partial charge in [-0.15, -0.1) is 0 Å². The molecule has 0 unspecified atom stereocenters. The normalized spacial score (nSPS) is 11.7. The molecule has 6 nitrogen and oxygen atoms in total. The van der Waals surface area contributed by atoms with Crippen LogP contribution in [0.2, 0.25) is 0 Å². The summed E-state index contributed by atoms with van der Waals surface area (Å²) in [6.45, 7) is 4.23. The topological polar surface area (TPSA) is 81.1 Å². The Hall–Kier alpha value is -2.67. The fourth-order valence-corrected chi connectivity index (χ4v) is 4.39. The lowest BCUT2D eigenvalue weighted by atomic mass is 10.1. The number of nitrogens with one attached hydrogen (secondary N) is 1. The number of aryl methyl sites for hydroxylation is 3. The summed E-state index contributed by atoms with van der Waals surface area (Å²) in [5.74, 6) is 0.406. The Morgan fingerprint density at radius 2 is 1.86 bits per heavy atom. The van der Waals surface area contributed by atoms with Crippen LogP contribution in [0.5, 0.6) is 0 Å². The van der Waals surface area contributed by atoms with E-state index in [9.17, 15) is 13.2 Å². The lowest BCUT2D eigenvalue weighted by Crippen LogP contribution is -2.28. The lowest BCUT2D eigenvalue weighted by molar-refractivity contribution is -0.120. The van der Waals surface area contributed by atoms with E-state index in [1.165, 1.54) is 0 Å². The molecule has 0 saturated heterocycles. The maximum atomic E-state index is 12.4. The summed E-state index contributed by atoms with van der Waals surface area (Å²) in [6, 6.07) is 12.9. The van der Waals surface area contributed by atoms with Crippen molar-refractivity contribution >= 4 is 26.8 Å². The van der Waals surface area contributed by atoms with Gasteiger partial charge in [0.15, 0.2) is 9.84 Å². The number of sulfone groups is 1. The summed E-state index contributed by atoms with van der Waals surface area (Å²) in [4.78, 5) is 16.9. The van der Waals surface area contributed by atoms with E-state index in [1.54, 1.807) is 18.2 Å². The molecule has 0 radical (unpaired) electrons. The Labute approximate surface area is 165 Å². The van der Waals surface area contributed by atoms with E-state index in [0.717, 1.165) is 28.0 Å². The van der Waals surface area contributed by atoms with Crippen LogP contribution in [0.15, 0.2) is 47.4 Å². The van der Waals surface area contributed by atoms with Crippen LogP contribution in [-0.4, -0.2) is 36.2 Å². The summed E-state index contributed by atoms with van der Waals surface area (Å²) in [5, 5.41) is 2.79. The fourth-order valence-electron chi connectivity index (χ4n) is 3.07. The molecule has 28 heavy (non-hydrogen) atoms. The number of hydrogen-bond acceptors (Lipinski definition) is 4. The maximum Gasteiger partial charge on any atom is 0.221 e. The molecule has 0 fully saturated rings. The predicted molar refractivity (Wildman–Crippen MR) is 110 cm³/mol. The molecular formula is C21H25N3O3S. The van der Waals surface area contributed by atoms with Gasteiger partial charge in [0, 0.05) is 26.4 Å². The van der Waals surface area contributed by atoms with Gasteiger partial charge in [0.05, 0.1) is 21.7 Å². The molecule has 1 amide bonds. The smallest absolute Gasteiger partial charge is 0.221 e. The van der Waals surface area contributed by atoms with Crippen molar-refractivity contribution < 1.29 is 13.2 Å². The molecule has 2 aromatic carbocycles. The van der Waals surface area contributed by atoms with Gasteiger partial charge in [0.1, 0.15) is 5.82 Å². The monoisotopic (exact) mass is 399 g/mol. The molecule has 1 heterocycles. The molecule has 0 atom stereocenters. The van der Waals surface area contributed by atoms with Crippen molar-refractivity contribution in [1.82, 2.24) is 14.9 Å². The lowest BCUT2D eigenvalue weighted by Gasteiger charge is -2.08. The summed E-state index contributed by atoms with van der Waals surface area (Å²) < 4.78 is 26.9. The molecule has 3 aromatic rings. The number of aromatic nitrogens is 2. The van der Waals surface area contributed by atoms with Crippen LogP contribution in [0.25, 0.3) is 11.0 Å². The second-order valence-electron chi connectivity index (χ2n) is 6.99. The number of nitrogens with zero attached hydrogens (tertiary/aromatic N) is 2. The third-order valence-electron chi connectivity index (χ3n) is 4.99. The number of para-hydroxylation sites is 2. The first-order chi connectivity index (χ1) is 13.3. The number of fused-ring (bicyclic) bond motifs is 1. The van der Waals surface area contributed by atoms with Crippen LogP contribution in [0, 0.1) is 13.8 Å². The van der Waals surface area contributed by atoms with E-state index < -0.39 is 9.84 Å². The summed E-state index contributed by atoms with van der Waals surface area (Å²) in [5.41, 5.74) is 3.93. The maximum absolute atomic E-state index is 12.4. The van der Waals surface area contributed by atoms with Crippen LogP contribution in [0.1, 0.15) is 23.4 Å². The zero-order valence-corrected chi connectivity index (χ0v) is 17.2. The third kappa shape index (κ3) is 4.42. The predicted octanol–water partition coefficient (Wildman–Crippen LogP) is 2.71. The fraction of sp³-hybridized carbons (Fsp3) is 0.333. The van der Waals surface area contributed by atoms with Gasteiger partial charge in [-0.25, -0.2) is 13.4 Å². The average molecular weight is 400 g/mol. The van der Waals surface area contributed by atoms with E-state index in [4.69, 9.17) is 0 Å². The Balaban J connectivity index is 1.52. The van der Waals surface area contributed by atoms with Crippen molar-refractivity contribution in [3.05, 3.63) is 59.4 Å². The van der Waals surface area contributed by atoms with Gasteiger partial charge in [-0.2, -0.15) is 0 Å². The first kappa shape index (κ1) is 20.1. The summed E-state index contributed by atoms with van der Waals surface area (Å²) >= 11 is 0. The number of benzene rings is 2. The van der Waals surface area contributed by atoms with Crippen LogP contribution in [0.3, 0.4) is 0 Å². The molecule has 7 heteroatoms. The van der Waals surface area contributed by atoms with E-state index in [0.29, 0.717) is 13.0 Å². The summed E-state index contributed by atoms with van der Waals surface area (Å²) in [7, 11) is -1.53. The number of rotatable bonds is 7. The molecule has 0 aliphatic carbocycles. The van der Waals surface area contributed by atoms with Crippen molar-refractivity contribution in [1.29, 1.82) is 0 Å². The van der Waals surface area contributed by atoms with Crippen LogP contribution in [0.4, 0.5) is 0 Å². The number of hydrogen-bond donors (Lipinski definition) is 1. The minimum absolute atomic E-state index is 0.0577. The highest BCUT2D eigenvalue weighted by Gasteiger charge is 2.17. The molecular weight excluding hydrogens is 374 g/mol. The highest BCUT2D eigenvalue weighted by Crippen LogP contribution is 2.17. The zero-order valence-electron chi connectivity index (χ0n) is 16.4. The van der Waals surface area contributed by atoms with E-state index >= 15 is 0 Å². The first-order valence-electron chi connectivity index (χ1n) is 9.25. The summed E-state index contributed by atoms with van der Waals surface area (Å²) in [6.07, 6.45) is 0.526. The first-order valence-corrected chi connectivity index (χ1v) is 10.9. The molecule has 0 saturated carbocycles. The Kier molecular flexibility index (Phi) is 5.84. The largest absolute Gasteiger partial charge is 0.356 e. The molecule has 1 aromatic heterocycles. The number of imidazole rings is 1. The van der Waals surface area contributed by atoms with Crippen molar-refractivity contribution in [3.63, 3.8) is 0 Å². The van der Waals surface area contributed by atoms with Crippen molar-refractivity contribution in [3.8, 4) is 0 Å². The van der Waals surface area contributed by atoms with Crippen molar-refractivity contribution in [2.75, 3.05) is 12.3 Å². The van der Waals surface area contributed by atoms with Crippen LogP contribution < -0.4 is 5.32 Å². The van der Waals surface area contributed by atoms with Gasteiger partial charge < -0.3 is 9.88 Å². The molecule has 148 valence electrons. The quantitative estimate of drug-likeness (QED) is 0.662. The van der Waals surface area contributed by atoms with Gasteiger partial charge in [0.2, 0.25) is 5.91 Å². The van der Waals surface area contributed by atoms with E-state index in [1.807, 2.05) is 49.7 Å². The second kappa shape index (κ2) is 8.14. The van der Waals surface area contributed by atoms with Crippen LogP contribution in [-0.2, 0) is 28.1 Å². The molecule has 3 rings (SSSR count). The Bertz CT molecular complexity index is 1120.